The minimum Gasteiger partial charge on any atom is -0.457 e. The van der Waals surface area contributed by atoms with Gasteiger partial charge in [-0.05, 0) is 50.2 Å². The van der Waals surface area contributed by atoms with Crippen LogP contribution in [-0.4, -0.2) is 51.9 Å². The predicted molar refractivity (Wildman–Crippen MR) is 110 cm³/mol. The Hall–Kier alpha value is -2.14. The fourth-order valence-electron chi connectivity index (χ4n) is 3.21. The van der Waals surface area contributed by atoms with Gasteiger partial charge in [-0.1, -0.05) is 0 Å². The van der Waals surface area contributed by atoms with Crippen LogP contribution < -0.4 is 10.2 Å². The van der Waals surface area contributed by atoms with Gasteiger partial charge in [0, 0.05) is 41.9 Å². The molecule has 2 heterocycles. The Balaban J connectivity index is 1.85. The summed E-state index contributed by atoms with van der Waals surface area (Å²) in [5, 5.41) is 8.90. The second-order valence-corrected chi connectivity index (χ2v) is 10.7. The maximum atomic E-state index is 13.3. The summed E-state index contributed by atoms with van der Waals surface area (Å²) in [6, 6.07) is 8.97. The van der Waals surface area contributed by atoms with Gasteiger partial charge < -0.3 is 4.74 Å². The van der Waals surface area contributed by atoms with Crippen LogP contribution in [0.15, 0.2) is 53.7 Å². The van der Waals surface area contributed by atoms with Crippen LogP contribution in [0.4, 0.5) is 0 Å². The molecule has 1 aliphatic rings. The monoisotopic (exact) mass is 437 g/mol. The topological polar surface area (TPSA) is 109 Å². The Bertz CT molecular complexity index is 950. The molecule has 2 aromatic rings. The van der Waals surface area contributed by atoms with Crippen molar-refractivity contribution in [2.45, 2.75) is 36.0 Å². The molecule has 8 nitrogen and oxygen atoms in total. The smallest absolute Gasteiger partial charge is 0.245 e. The van der Waals surface area contributed by atoms with Crippen LogP contribution in [0.25, 0.3) is 0 Å². The first-order chi connectivity index (χ1) is 13.7. The summed E-state index contributed by atoms with van der Waals surface area (Å²) in [7, 11) is -3.83. The highest BCUT2D eigenvalue weighted by Crippen LogP contribution is 2.39. The Kier molecular flexibility index (Phi) is 6.47. The van der Waals surface area contributed by atoms with Crippen molar-refractivity contribution in [1.29, 1.82) is 0 Å². The average Bonchev–Trinajstić information content (AvgIpc) is 2.70. The number of aromatic nitrogens is 1. The molecular weight excluding hydrogens is 414 g/mol. The molecule has 0 radical (unpaired) electrons. The quantitative estimate of drug-likeness (QED) is 0.528. The van der Waals surface area contributed by atoms with Gasteiger partial charge in [-0.25, -0.2) is 13.9 Å². The van der Waals surface area contributed by atoms with Gasteiger partial charge in [0.25, 0.3) is 0 Å². The molecule has 0 aliphatic carbocycles. The number of benzene rings is 1. The Morgan fingerprint density at radius 3 is 2.48 bits per heavy atom. The van der Waals surface area contributed by atoms with Gasteiger partial charge in [0.1, 0.15) is 11.5 Å². The van der Waals surface area contributed by atoms with Crippen LogP contribution in [0.5, 0.6) is 11.5 Å². The van der Waals surface area contributed by atoms with E-state index in [-0.39, 0.29) is 17.9 Å². The van der Waals surface area contributed by atoms with Crippen molar-refractivity contribution in [2.24, 2.45) is 0 Å². The number of nitrogens with zero attached hydrogens (tertiary/aromatic N) is 2. The van der Waals surface area contributed by atoms with Crippen molar-refractivity contribution >= 4 is 27.7 Å². The lowest BCUT2D eigenvalue weighted by Gasteiger charge is -2.44. The van der Waals surface area contributed by atoms with Crippen molar-refractivity contribution in [3.8, 4) is 11.5 Å². The molecule has 1 aromatic carbocycles. The number of amides is 1. The van der Waals surface area contributed by atoms with E-state index in [9.17, 15) is 13.2 Å². The first-order valence-corrected chi connectivity index (χ1v) is 11.4. The van der Waals surface area contributed by atoms with E-state index in [1.165, 1.54) is 16.4 Å². The van der Waals surface area contributed by atoms with Gasteiger partial charge in [-0.15, -0.1) is 0 Å². The van der Waals surface area contributed by atoms with E-state index >= 15 is 0 Å². The number of carbonyl (C=O) groups excluding carboxylic acids is 1. The normalized spacial score (nSPS) is 19.5. The first-order valence-electron chi connectivity index (χ1n) is 9.01. The predicted octanol–water partition coefficient (Wildman–Crippen LogP) is 2.65. The highest BCUT2D eigenvalue weighted by Gasteiger charge is 2.44. The van der Waals surface area contributed by atoms with Crippen LogP contribution in [-0.2, 0) is 14.8 Å². The van der Waals surface area contributed by atoms with Crippen molar-refractivity contribution in [3.63, 3.8) is 0 Å². The number of rotatable bonds is 6. The fourth-order valence-corrected chi connectivity index (χ4v) is 6.37. The zero-order chi connectivity index (χ0) is 21.1. The van der Waals surface area contributed by atoms with E-state index in [0.717, 1.165) is 0 Å². The highest BCUT2D eigenvalue weighted by atomic mass is 32.2. The highest BCUT2D eigenvalue weighted by molar-refractivity contribution is 8.00. The molecule has 0 saturated carbocycles. The summed E-state index contributed by atoms with van der Waals surface area (Å²) in [5.74, 6) is 1.10. The van der Waals surface area contributed by atoms with Gasteiger partial charge in [0.2, 0.25) is 15.9 Å². The van der Waals surface area contributed by atoms with Gasteiger partial charge in [0.05, 0.1) is 4.90 Å². The van der Waals surface area contributed by atoms with Gasteiger partial charge in [0.15, 0.2) is 0 Å². The van der Waals surface area contributed by atoms with Crippen LogP contribution in [0.3, 0.4) is 0 Å². The number of hydroxylamine groups is 1. The third-order valence-corrected chi connectivity index (χ3v) is 8.08. The van der Waals surface area contributed by atoms with E-state index in [1.807, 2.05) is 13.8 Å². The number of hydrogen-bond acceptors (Lipinski definition) is 7. The minimum atomic E-state index is -3.83. The number of ether oxygens (including phenoxy) is 1. The SMILES string of the molecule is CC1(C)SCCN(S(=O)(=O)c2ccc(Oc3ccncc3)cc2)C1CC(=O)NO. The molecule has 0 spiro atoms. The summed E-state index contributed by atoms with van der Waals surface area (Å²) >= 11 is 1.61. The largest absolute Gasteiger partial charge is 0.457 e. The van der Waals surface area contributed by atoms with E-state index in [2.05, 4.69) is 4.98 Å². The second-order valence-electron chi connectivity index (χ2n) is 7.08. The number of hydrogen-bond donors (Lipinski definition) is 2. The van der Waals surface area contributed by atoms with E-state index < -0.39 is 26.7 Å². The lowest BCUT2D eigenvalue weighted by Crippen LogP contribution is -2.56. The molecule has 1 saturated heterocycles. The van der Waals surface area contributed by atoms with Crippen LogP contribution >= 0.6 is 11.8 Å². The maximum Gasteiger partial charge on any atom is 0.245 e. The molecule has 10 heteroatoms. The molecule has 0 bridgehead atoms. The summed E-state index contributed by atoms with van der Waals surface area (Å²) in [6.07, 6.45) is 3.08. The third-order valence-electron chi connectivity index (χ3n) is 4.76. The molecule has 156 valence electrons. The average molecular weight is 438 g/mol. The van der Waals surface area contributed by atoms with E-state index in [1.54, 1.807) is 53.9 Å². The standard InChI is InChI=1S/C19H23N3O5S2/c1-19(2)17(13-18(23)21-24)22(11-12-28-19)29(25,26)16-5-3-14(4-6-16)27-15-7-9-20-10-8-15/h3-10,17,24H,11-13H2,1-2H3,(H,21,23). The molecule has 3 rings (SSSR count). The Labute approximate surface area is 174 Å². The van der Waals surface area contributed by atoms with Gasteiger partial charge >= 0.3 is 0 Å². The number of thioether (sulfide) groups is 1. The maximum absolute atomic E-state index is 13.3. The summed E-state index contributed by atoms with van der Waals surface area (Å²) < 4.78 is 33.2. The minimum absolute atomic E-state index is 0.122. The van der Waals surface area contributed by atoms with Crippen molar-refractivity contribution in [1.82, 2.24) is 14.8 Å². The fraction of sp³-hybridized carbons (Fsp3) is 0.368. The molecule has 1 atom stereocenters. The van der Waals surface area contributed by atoms with E-state index in [0.29, 0.717) is 17.3 Å². The first kappa shape index (κ1) is 21.6. The number of nitrogens with one attached hydrogen (secondary N) is 1. The molecule has 1 aliphatic heterocycles. The molecule has 1 unspecified atom stereocenters. The second kappa shape index (κ2) is 8.70. The molecule has 1 fully saturated rings. The molecule has 1 aromatic heterocycles. The lowest BCUT2D eigenvalue weighted by atomic mass is 9.99. The van der Waals surface area contributed by atoms with Gasteiger partial charge in [-0.2, -0.15) is 16.1 Å². The molecule has 2 N–H and O–H groups in total. The van der Waals surface area contributed by atoms with Crippen LogP contribution in [0.2, 0.25) is 0 Å². The molecular formula is C19H23N3O5S2. The van der Waals surface area contributed by atoms with Crippen molar-refractivity contribution in [3.05, 3.63) is 48.8 Å². The van der Waals surface area contributed by atoms with Gasteiger partial charge in [-0.3, -0.25) is 15.0 Å². The Morgan fingerprint density at radius 2 is 1.86 bits per heavy atom. The van der Waals surface area contributed by atoms with E-state index in [4.69, 9.17) is 9.94 Å². The molecule has 1 amide bonds. The summed E-state index contributed by atoms with van der Waals surface area (Å²) in [6.45, 7) is 4.09. The summed E-state index contributed by atoms with van der Waals surface area (Å²) in [5.41, 5.74) is 1.60. The third kappa shape index (κ3) is 4.89. The number of pyridine rings is 1. The Morgan fingerprint density at radius 1 is 1.24 bits per heavy atom. The zero-order valence-corrected chi connectivity index (χ0v) is 17.7. The lowest BCUT2D eigenvalue weighted by molar-refractivity contribution is -0.130. The zero-order valence-electron chi connectivity index (χ0n) is 16.1. The number of sulfonamides is 1. The molecule has 29 heavy (non-hydrogen) atoms. The van der Waals surface area contributed by atoms with Crippen LogP contribution in [0.1, 0.15) is 20.3 Å². The van der Waals surface area contributed by atoms with Crippen molar-refractivity contribution in [2.75, 3.05) is 12.3 Å². The number of carbonyl (C=O) groups is 1. The van der Waals surface area contributed by atoms with Crippen molar-refractivity contribution < 1.29 is 23.2 Å². The summed E-state index contributed by atoms with van der Waals surface area (Å²) in [4.78, 5) is 15.8. The van der Waals surface area contributed by atoms with Crippen LogP contribution in [0, 0.1) is 0 Å².